The lowest BCUT2D eigenvalue weighted by molar-refractivity contribution is 0.599. The second-order valence-corrected chi connectivity index (χ2v) is 6.83. The zero-order chi connectivity index (χ0) is 16.6. The van der Waals surface area contributed by atoms with E-state index in [1.165, 1.54) is 18.2 Å². The first-order valence-corrected chi connectivity index (χ1v) is 8.25. The lowest BCUT2D eigenvalue weighted by atomic mass is 10.1. The highest BCUT2D eigenvalue weighted by Gasteiger charge is 2.14. The average molecular weight is 332 g/mol. The summed E-state index contributed by atoms with van der Waals surface area (Å²) in [5, 5.41) is 0.798. The quantitative estimate of drug-likeness (QED) is 0.774. The molecule has 0 aliphatic carbocycles. The molecule has 2 N–H and O–H groups in total. The van der Waals surface area contributed by atoms with Crippen LogP contribution in [0.15, 0.2) is 58.2 Å². The van der Waals surface area contributed by atoms with Crippen LogP contribution in [0.3, 0.4) is 0 Å². The number of rotatable bonds is 3. The van der Waals surface area contributed by atoms with Crippen LogP contribution in [-0.4, -0.2) is 13.4 Å². The van der Waals surface area contributed by atoms with E-state index in [0.717, 1.165) is 17.5 Å². The largest absolute Gasteiger partial charge is 0.322 e. The Kier molecular flexibility index (Phi) is 3.65. The summed E-state index contributed by atoms with van der Waals surface area (Å²) in [6.07, 6.45) is 0. The summed E-state index contributed by atoms with van der Waals surface area (Å²) < 4.78 is 39.8. The highest BCUT2D eigenvalue weighted by atomic mass is 32.2. The van der Waals surface area contributed by atoms with Crippen molar-refractivity contribution in [2.24, 2.45) is 0 Å². The van der Waals surface area contributed by atoms with Gasteiger partial charge in [0, 0.05) is 5.56 Å². The molecule has 0 aliphatic rings. The average Bonchev–Trinajstić information content (AvgIpc) is 2.49. The molecule has 3 aromatic rings. The molecular weight excluding hydrogens is 319 g/mol. The van der Waals surface area contributed by atoms with Crippen molar-refractivity contribution in [3.05, 3.63) is 70.3 Å². The van der Waals surface area contributed by atoms with Crippen LogP contribution < -0.4 is 10.3 Å². The van der Waals surface area contributed by atoms with Crippen molar-refractivity contribution in [3.63, 3.8) is 0 Å². The number of aromatic amines is 1. The van der Waals surface area contributed by atoms with Gasteiger partial charge in [0.25, 0.3) is 15.6 Å². The van der Waals surface area contributed by atoms with E-state index in [-0.39, 0.29) is 10.5 Å². The molecule has 0 spiro atoms. The third-order valence-corrected chi connectivity index (χ3v) is 4.81. The Balaban J connectivity index is 1.99. The molecule has 0 atom stereocenters. The van der Waals surface area contributed by atoms with Crippen molar-refractivity contribution in [3.8, 4) is 0 Å². The third-order valence-electron chi connectivity index (χ3n) is 3.41. The molecule has 23 heavy (non-hydrogen) atoms. The molecule has 0 unspecified atom stereocenters. The number of hydrogen-bond acceptors (Lipinski definition) is 3. The Morgan fingerprint density at radius 2 is 1.74 bits per heavy atom. The van der Waals surface area contributed by atoms with Gasteiger partial charge < -0.3 is 4.98 Å². The predicted octanol–water partition coefficient (Wildman–Crippen LogP) is 2.78. The number of sulfonamides is 1. The number of H-pyrrole nitrogens is 1. The maximum atomic E-state index is 12.9. The summed E-state index contributed by atoms with van der Waals surface area (Å²) in [7, 11) is -3.83. The summed E-state index contributed by atoms with van der Waals surface area (Å²) in [4.78, 5) is 14.3. The van der Waals surface area contributed by atoms with Crippen LogP contribution in [0.2, 0.25) is 0 Å². The third kappa shape index (κ3) is 3.09. The van der Waals surface area contributed by atoms with Crippen LogP contribution >= 0.6 is 0 Å². The fourth-order valence-corrected chi connectivity index (χ4v) is 3.25. The first-order valence-electron chi connectivity index (χ1n) is 6.77. The van der Waals surface area contributed by atoms with Crippen LogP contribution in [0.25, 0.3) is 10.9 Å². The van der Waals surface area contributed by atoms with Gasteiger partial charge in [0.05, 0.1) is 16.1 Å². The van der Waals surface area contributed by atoms with Gasteiger partial charge in [0.15, 0.2) is 0 Å². The van der Waals surface area contributed by atoms with E-state index in [0.29, 0.717) is 16.8 Å². The molecule has 0 radical (unpaired) electrons. The van der Waals surface area contributed by atoms with Crippen LogP contribution in [0.5, 0.6) is 0 Å². The minimum absolute atomic E-state index is 0.0450. The van der Waals surface area contributed by atoms with Gasteiger partial charge >= 0.3 is 0 Å². The zero-order valence-electron chi connectivity index (χ0n) is 12.1. The van der Waals surface area contributed by atoms with E-state index in [1.54, 1.807) is 25.1 Å². The van der Waals surface area contributed by atoms with Gasteiger partial charge in [-0.25, -0.2) is 12.8 Å². The first-order chi connectivity index (χ1) is 10.8. The molecule has 7 heteroatoms. The van der Waals surface area contributed by atoms with Crippen molar-refractivity contribution < 1.29 is 12.8 Å². The summed E-state index contributed by atoms with van der Waals surface area (Å²) >= 11 is 0. The molecule has 0 aliphatic heterocycles. The van der Waals surface area contributed by atoms with Gasteiger partial charge in [-0.3, -0.25) is 9.52 Å². The van der Waals surface area contributed by atoms with E-state index in [1.807, 2.05) is 0 Å². The molecule has 1 heterocycles. The standard InChI is InChI=1S/C16H13FN2O3S/c1-10-8-11-2-5-13(9-15(11)18-16(10)20)19-23(21,22)14-6-3-12(17)4-7-14/h2-9,19H,1H3,(H,18,20). The number of nitrogens with one attached hydrogen (secondary N) is 2. The van der Waals surface area contributed by atoms with Gasteiger partial charge in [-0.1, -0.05) is 6.07 Å². The maximum absolute atomic E-state index is 12.9. The molecule has 1 aromatic heterocycles. The first kappa shape index (κ1) is 15.2. The topological polar surface area (TPSA) is 79.0 Å². The lowest BCUT2D eigenvalue weighted by Crippen LogP contribution is -2.13. The fraction of sp³-hybridized carbons (Fsp3) is 0.0625. The zero-order valence-corrected chi connectivity index (χ0v) is 12.9. The van der Waals surface area contributed by atoms with Crippen molar-refractivity contribution in [1.29, 1.82) is 0 Å². The van der Waals surface area contributed by atoms with Gasteiger partial charge in [-0.2, -0.15) is 0 Å². The van der Waals surface area contributed by atoms with Crippen LogP contribution in [-0.2, 0) is 10.0 Å². The number of anilines is 1. The number of hydrogen-bond donors (Lipinski definition) is 2. The van der Waals surface area contributed by atoms with Gasteiger partial charge in [0.1, 0.15) is 5.82 Å². The highest BCUT2D eigenvalue weighted by Crippen LogP contribution is 2.20. The van der Waals surface area contributed by atoms with E-state index < -0.39 is 15.8 Å². The number of aryl methyl sites for hydroxylation is 1. The number of benzene rings is 2. The van der Waals surface area contributed by atoms with E-state index in [4.69, 9.17) is 0 Å². The maximum Gasteiger partial charge on any atom is 0.261 e. The SMILES string of the molecule is Cc1cc2ccc(NS(=O)(=O)c3ccc(F)cc3)cc2[nH]c1=O. The Morgan fingerprint density at radius 1 is 1.04 bits per heavy atom. The molecule has 118 valence electrons. The Labute approximate surface area is 131 Å². The molecule has 0 saturated carbocycles. The highest BCUT2D eigenvalue weighted by molar-refractivity contribution is 7.92. The lowest BCUT2D eigenvalue weighted by Gasteiger charge is -2.09. The van der Waals surface area contributed by atoms with E-state index >= 15 is 0 Å². The minimum Gasteiger partial charge on any atom is -0.322 e. The number of halogens is 1. The van der Waals surface area contributed by atoms with Crippen molar-refractivity contribution in [2.75, 3.05) is 4.72 Å². The minimum atomic E-state index is -3.83. The molecule has 0 bridgehead atoms. The molecule has 5 nitrogen and oxygen atoms in total. The molecule has 0 amide bonds. The normalized spacial score (nSPS) is 11.6. The van der Waals surface area contributed by atoms with Gasteiger partial charge in [0.2, 0.25) is 0 Å². The monoisotopic (exact) mass is 332 g/mol. The summed E-state index contributed by atoms with van der Waals surface area (Å²) in [5.74, 6) is -0.511. The van der Waals surface area contributed by atoms with E-state index in [2.05, 4.69) is 9.71 Å². The van der Waals surface area contributed by atoms with Crippen molar-refractivity contribution in [1.82, 2.24) is 4.98 Å². The summed E-state index contributed by atoms with van der Waals surface area (Å²) in [6.45, 7) is 1.70. The molecule has 2 aromatic carbocycles. The Hall–Kier alpha value is -2.67. The van der Waals surface area contributed by atoms with E-state index in [9.17, 15) is 17.6 Å². The number of fused-ring (bicyclic) bond motifs is 1. The Morgan fingerprint density at radius 3 is 2.43 bits per heavy atom. The second-order valence-electron chi connectivity index (χ2n) is 5.14. The predicted molar refractivity (Wildman–Crippen MR) is 86.5 cm³/mol. The van der Waals surface area contributed by atoms with Gasteiger partial charge in [-0.05, 0) is 54.8 Å². The molecule has 0 saturated heterocycles. The summed E-state index contributed by atoms with van der Waals surface area (Å²) in [6, 6.07) is 11.1. The summed E-state index contributed by atoms with van der Waals surface area (Å²) in [5.41, 5.74) is 1.19. The fourth-order valence-electron chi connectivity index (χ4n) is 2.20. The molecule has 3 rings (SSSR count). The Bertz CT molecular complexity index is 1040. The number of aromatic nitrogens is 1. The van der Waals surface area contributed by atoms with Crippen molar-refractivity contribution >= 4 is 26.6 Å². The second kappa shape index (κ2) is 5.51. The van der Waals surface area contributed by atoms with Crippen LogP contribution in [0.1, 0.15) is 5.56 Å². The number of pyridine rings is 1. The van der Waals surface area contributed by atoms with Crippen LogP contribution in [0, 0.1) is 12.7 Å². The smallest absolute Gasteiger partial charge is 0.261 e. The molecule has 0 fully saturated rings. The molecular formula is C16H13FN2O3S. The van der Waals surface area contributed by atoms with Crippen LogP contribution in [0.4, 0.5) is 10.1 Å². The van der Waals surface area contributed by atoms with Gasteiger partial charge in [-0.15, -0.1) is 0 Å². The van der Waals surface area contributed by atoms with Crippen molar-refractivity contribution in [2.45, 2.75) is 11.8 Å².